The molecule has 1 atom stereocenters. The van der Waals surface area contributed by atoms with Gasteiger partial charge in [-0.15, -0.1) is 0 Å². The number of nitrogens with zero attached hydrogens (tertiary/aromatic N) is 2. The number of hydrogen-bond donors (Lipinski definition) is 2. The van der Waals surface area contributed by atoms with E-state index in [1.807, 2.05) is 16.9 Å². The summed E-state index contributed by atoms with van der Waals surface area (Å²) in [7, 11) is 0. The maximum atomic E-state index is 11.4. The summed E-state index contributed by atoms with van der Waals surface area (Å²) in [6.07, 6.45) is 7.20. The van der Waals surface area contributed by atoms with Crippen molar-refractivity contribution in [1.82, 2.24) is 20.1 Å². The minimum absolute atomic E-state index is 0.00847. The number of aromatic amines is 1. The molecule has 0 fully saturated rings. The first-order valence-corrected chi connectivity index (χ1v) is 7.93. The normalized spacial score (nSPS) is 18.2. The topological polar surface area (TPSA) is 62.7 Å². The van der Waals surface area contributed by atoms with Gasteiger partial charge in [0, 0.05) is 36.1 Å². The lowest BCUT2D eigenvalue weighted by atomic mass is 9.91. The monoisotopic (exact) mass is 300 g/mol. The summed E-state index contributed by atoms with van der Waals surface area (Å²) < 4.78 is 2.00. The van der Waals surface area contributed by atoms with Crippen molar-refractivity contribution in [1.29, 1.82) is 0 Å². The van der Waals surface area contributed by atoms with Crippen LogP contribution in [0.5, 0.6) is 0 Å². The third-order valence-electron chi connectivity index (χ3n) is 4.21. The molecule has 0 bridgehead atoms. The molecular formula is C17H24N4O. The Hall–Kier alpha value is -1.88. The Balaban J connectivity index is 1.70. The van der Waals surface area contributed by atoms with Gasteiger partial charge in [0.05, 0.1) is 11.7 Å². The average molecular weight is 300 g/mol. The SMILES string of the molecule is CC(C)(C)n1cc(CNC2CCCc3[nH]c(=O)ccc32)cn1. The van der Waals surface area contributed by atoms with Crippen LogP contribution in [0.4, 0.5) is 0 Å². The van der Waals surface area contributed by atoms with E-state index < -0.39 is 0 Å². The van der Waals surface area contributed by atoms with Gasteiger partial charge in [0.15, 0.2) is 0 Å². The molecule has 2 N–H and O–H groups in total. The zero-order valence-electron chi connectivity index (χ0n) is 13.5. The fourth-order valence-electron chi connectivity index (χ4n) is 2.97. The lowest BCUT2D eigenvalue weighted by molar-refractivity contribution is 0.355. The Bertz CT molecular complexity index is 708. The zero-order chi connectivity index (χ0) is 15.7. The number of rotatable bonds is 3. The molecule has 5 nitrogen and oxygen atoms in total. The lowest BCUT2D eigenvalue weighted by Crippen LogP contribution is -2.27. The Kier molecular flexibility index (Phi) is 3.91. The summed E-state index contributed by atoms with van der Waals surface area (Å²) in [4.78, 5) is 14.4. The van der Waals surface area contributed by atoms with Gasteiger partial charge in [0.2, 0.25) is 5.56 Å². The van der Waals surface area contributed by atoms with Crippen LogP contribution < -0.4 is 10.9 Å². The predicted octanol–water partition coefficient (Wildman–Crippen LogP) is 2.49. The van der Waals surface area contributed by atoms with E-state index in [2.05, 4.69) is 42.4 Å². The standard InChI is InChI=1S/C17H24N4O/c1-17(2,3)21-11-12(10-19-21)9-18-14-5-4-6-15-13(14)7-8-16(22)20-15/h7-8,10-11,14,18H,4-6,9H2,1-3H3,(H,20,22). The number of aryl methyl sites for hydroxylation is 1. The number of fused-ring (bicyclic) bond motifs is 1. The second kappa shape index (κ2) is 5.72. The highest BCUT2D eigenvalue weighted by Crippen LogP contribution is 2.27. The van der Waals surface area contributed by atoms with Crippen molar-refractivity contribution in [3.8, 4) is 0 Å². The molecule has 118 valence electrons. The highest BCUT2D eigenvalue weighted by molar-refractivity contribution is 5.26. The highest BCUT2D eigenvalue weighted by Gasteiger charge is 2.21. The quantitative estimate of drug-likeness (QED) is 0.915. The molecule has 2 aromatic rings. The number of hydrogen-bond acceptors (Lipinski definition) is 3. The molecule has 0 radical (unpaired) electrons. The maximum absolute atomic E-state index is 11.4. The molecule has 0 amide bonds. The van der Waals surface area contributed by atoms with Crippen molar-refractivity contribution in [2.75, 3.05) is 0 Å². The summed E-state index contributed by atoms with van der Waals surface area (Å²) in [6, 6.07) is 3.89. The summed E-state index contributed by atoms with van der Waals surface area (Å²) in [5, 5.41) is 8.04. The van der Waals surface area contributed by atoms with E-state index in [1.54, 1.807) is 6.07 Å². The molecule has 1 aliphatic carbocycles. The number of nitrogens with one attached hydrogen (secondary N) is 2. The van der Waals surface area contributed by atoms with E-state index in [0.717, 1.165) is 31.5 Å². The number of H-pyrrole nitrogens is 1. The lowest BCUT2D eigenvalue weighted by Gasteiger charge is -2.25. The molecule has 0 spiro atoms. The van der Waals surface area contributed by atoms with Gasteiger partial charge >= 0.3 is 0 Å². The molecule has 5 heteroatoms. The van der Waals surface area contributed by atoms with Gasteiger partial charge in [0.1, 0.15) is 0 Å². The van der Waals surface area contributed by atoms with Crippen LogP contribution in [-0.4, -0.2) is 14.8 Å². The van der Waals surface area contributed by atoms with E-state index in [-0.39, 0.29) is 11.1 Å². The fourth-order valence-corrected chi connectivity index (χ4v) is 2.97. The molecular weight excluding hydrogens is 276 g/mol. The molecule has 1 unspecified atom stereocenters. The predicted molar refractivity (Wildman–Crippen MR) is 86.8 cm³/mol. The second-order valence-corrected chi connectivity index (χ2v) is 7.05. The minimum Gasteiger partial charge on any atom is -0.326 e. The van der Waals surface area contributed by atoms with Crippen LogP contribution in [0.25, 0.3) is 0 Å². The zero-order valence-corrected chi connectivity index (χ0v) is 13.5. The second-order valence-electron chi connectivity index (χ2n) is 7.05. The first-order chi connectivity index (χ1) is 10.4. The van der Waals surface area contributed by atoms with Crippen LogP contribution in [0, 0.1) is 0 Å². The van der Waals surface area contributed by atoms with Crippen molar-refractivity contribution in [3.05, 3.63) is 51.7 Å². The maximum Gasteiger partial charge on any atom is 0.248 e. The third-order valence-corrected chi connectivity index (χ3v) is 4.21. The van der Waals surface area contributed by atoms with E-state index >= 15 is 0 Å². The van der Waals surface area contributed by atoms with Crippen LogP contribution in [0.3, 0.4) is 0 Å². The van der Waals surface area contributed by atoms with Crippen molar-refractivity contribution < 1.29 is 0 Å². The smallest absolute Gasteiger partial charge is 0.248 e. The number of aromatic nitrogens is 3. The van der Waals surface area contributed by atoms with E-state index in [4.69, 9.17) is 0 Å². The van der Waals surface area contributed by atoms with Gasteiger partial charge in [-0.2, -0.15) is 5.10 Å². The average Bonchev–Trinajstić information content (AvgIpc) is 2.93. The summed E-state index contributed by atoms with van der Waals surface area (Å²) in [5.41, 5.74) is 3.50. The molecule has 3 rings (SSSR count). The molecule has 22 heavy (non-hydrogen) atoms. The third kappa shape index (κ3) is 3.14. The van der Waals surface area contributed by atoms with Crippen LogP contribution in [0.2, 0.25) is 0 Å². The highest BCUT2D eigenvalue weighted by atomic mass is 16.1. The molecule has 0 saturated carbocycles. The number of pyridine rings is 1. The van der Waals surface area contributed by atoms with Gasteiger partial charge in [-0.25, -0.2) is 0 Å². The van der Waals surface area contributed by atoms with Crippen LogP contribution >= 0.6 is 0 Å². The Morgan fingerprint density at radius 1 is 1.41 bits per heavy atom. The molecule has 2 aromatic heterocycles. The Morgan fingerprint density at radius 2 is 2.23 bits per heavy atom. The Morgan fingerprint density at radius 3 is 2.95 bits per heavy atom. The first kappa shape index (κ1) is 15.0. The van der Waals surface area contributed by atoms with E-state index in [9.17, 15) is 4.79 Å². The molecule has 0 saturated heterocycles. The molecule has 0 aliphatic heterocycles. The van der Waals surface area contributed by atoms with Gasteiger partial charge in [-0.3, -0.25) is 9.48 Å². The largest absolute Gasteiger partial charge is 0.326 e. The van der Waals surface area contributed by atoms with Crippen molar-refractivity contribution >= 4 is 0 Å². The van der Waals surface area contributed by atoms with Crippen LogP contribution in [0.1, 0.15) is 56.5 Å². The van der Waals surface area contributed by atoms with Gasteiger partial charge in [0.25, 0.3) is 0 Å². The molecule has 2 heterocycles. The minimum atomic E-state index is -0.00847. The van der Waals surface area contributed by atoms with E-state index in [1.165, 1.54) is 11.1 Å². The van der Waals surface area contributed by atoms with Gasteiger partial charge in [-0.05, 0) is 45.6 Å². The molecule has 0 aromatic carbocycles. The van der Waals surface area contributed by atoms with Crippen LogP contribution in [0.15, 0.2) is 29.3 Å². The van der Waals surface area contributed by atoms with Gasteiger partial charge < -0.3 is 10.3 Å². The fraction of sp³-hybridized carbons (Fsp3) is 0.529. The van der Waals surface area contributed by atoms with Gasteiger partial charge in [-0.1, -0.05) is 6.07 Å². The first-order valence-electron chi connectivity index (χ1n) is 7.93. The van der Waals surface area contributed by atoms with Crippen molar-refractivity contribution in [2.24, 2.45) is 0 Å². The van der Waals surface area contributed by atoms with Crippen molar-refractivity contribution in [2.45, 2.75) is 58.2 Å². The van der Waals surface area contributed by atoms with Crippen LogP contribution in [-0.2, 0) is 18.5 Å². The summed E-state index contributed by atoms with van der Waals surface area (Å²) in [5.74, 6) is 0. The summed E-state index contributed by atoms with van der Waals surface area (Å²) >= 11 is 0. The Labute approximate surface area is 130 Å². The van der Waals surface area contributed by atoms with Crippen molar-refractivity contribution in [3.63, 3.8) is 0 Å². The summed E-state index contributed by atoms with van der Waals surface area (Å²) in [6.45, 7) is 7.22. The molecule has 1 aliphatic rings. The van der Waals surface area contributed by atoms with E-state index in [0.29, 0.717) is 6.04 Å².